The maximum Gasteiger partial charge on any atom is 0.326 e. The third-order valence-corrected chi connectivity index (χ3v) is 4.22. The SMILES string of the molecule is CCOC(=O)C(C(=O)OCC)c1ncccc1Cl.CCOC(=O)Cc1ncccc1Cl. The molecule has 0 bridgehead atoms. The van der Waals surface area contributed by atoms with Gasteiger partial charge < -0.3 is 14.2 Å². The minimum Gasteiger partial charge on any atom is -0.466 e. The molecule has 0 aromatic carbocycles. The molecule has 0 amide bonds. The molecule has 0 aliphatic carbocycles. The molecule has 8 nitrogen and oxygen atoms in total. The van der Waals surface area contributed by atoms with Gasteiger partial charge in [-0.2, -0.15) is 0 Å². The number of halogens is 2. The van der Waals surface area contributed by atoms with Crippen LogP contribution in [0.25, 0.3) is 0 Å². The number of hydrogen-bond acceptors (Lipinski definition) is 8. The number of rotatable bonds is 8. The Morgan fingerprint density at radius 2 is 1.35 bits per heavy atom. The lowest BCUT2D eigenvalue weighted by atomic mass is 10.1. The fraction of sp³-hybridized carbons (Fsp3) is 0.381. The van der Waals surface area contributed by atoms with Crippen LogP contribution in [0.5, 0.6) is 0 Å². The summed E-state index contributed by atoms with van der Waals surface area (Å²) in [5.74, 6) is -2.96. The predicted octanol–water partition coefficient (Wildman–Crippen LogP) is 3.79. The molecule has 0 aliphatic heterocycles. The first kappa shape index (κ1) is 26.3. The van der Waals surface area contributed by atoms with Gasteiger partial charge in [0.2, 0.25) is 0 Å². The van der Waals surface area contributed by atoms with Gasteiger partial charge in [0.05, 0.1) is 47.7 Å². The second kappa shape index (κ2) is 14.3. The lowest BCUT2D eigenvalue weighted by Gasteiger charge is -2.14. The molecule has 2 rings (SSSR count). The first-order valence-corrected chi connectivity index (χ1v) is 10.3. The number of pyridine rings is 2. The molecular formula is C21H24Cl2N2O6. The average Bonchev–Trinajstić information content (AvgIpc) is 2.72. The zero-order chi connectivity index (χ0) is 23.2. The van der Waals surface area contributed by atoms with Crippen LogP contribution in [0.15, 0.2) is 36.7 Å². The molecule has 0 aliphatic rings. The van der Waals surface area contributed by atoms with Crippen molar-refractivity contribution in [1.29, 1.82) is 0 Å². The number of hydrogen-bond donors (Lipinski definition) is 0. The molecule has 2 heterocycles. The summed E-state index contributed by atoms with van der Waals surface area (Å²) in [6.45, 7) is 5.78. The fourth-order valence-corrected chi connectivity index (χ4v) is 2.70. The number of ether oxygens (including phenoxy) is 3. The van der Waals surface area contributed by atoms with E-state index in [-0.39, 0.29) is 36.3 Å². The maximum atomic E-state index is 11.8. The van der Waals surface area contributed by atoms with E-state index in [0.29, 0.717) is 17.3 Å². The van der Waals surface area contributed by atoms with Crippen molar-refractivity contribution in [2.75, 3.05) is 19.8 Å². The smallest absolute Gasteiger partial charge is 0.326 e. The van der Waals surface area contributed by atoms with E-state index in [9.17, 15) is 14.4 Å². The molecular weight excluding hydrogens is 447 g/mol. The van der Waals surface area contributed by atoms with Crippen LogP contribution >= 0.6 is 23.2 Å². The molecule has 0 fully saturated rings. The van der Waals surface area contributed by atoms with Crippen molar-refractivity contribution < 1.29 is 28.6 Å². The molecule has 0 saturated heterocycles. The van der Waals surface area contributed by atoms with Gasteiger partial charge in [-0.05, 0) is 45.0 Å². The van der Waals surface area contributed by atoms with Gasteiger partial charge in [-0.15, -0.1) is 0 Å². The Bertz CT molecular complexity index is 860. The lowest BCUT2D eigenvalue weighted by Crippen LogP contribution is -2.27. The third-order valence-electron chi connectivity index (χ3n) is 3.56. The Kier molecular flexibility index (Phi) is 12.2. The summed E-state index contributed by atoms with van der Waals surface area (Å²) in [6.07, 6.45) is 3.18. The Morgan fingerprint density at radius 1 is 0.839 bits per heavy atom. The molecule has 0 saturated carbocycles. The first-order valence-electron chi connectivity index (χ1n) is 9.54. The molecule has 0 atom stereocenters. The number of carbonyl (C=O) groups excluding carboxylic acids is 3. The van der Waals surface area contributed by atoms with E-state index in [1.807, 2.05) is 0 Å². The number of aromatic nitrogens is 2. The van der Waals surface area contributed by atoms with Crippen molar-refractivity contribution in [2.45, 2.75) is 33.1 Å². The van der Waals surface area contributed by atoms with Gasteiger partial charge in [0, 0.05) is 12.4 Å². The van der Waals surface area contributed by atoms with Crippen LogP contribution in [0.1, 0.15) is 38.1 Å². The number of nitrogens with zero attached hydrogens (tertiary/aromatic N) is 2. The zero-order valence-corrected chi connectivity index (χ0v) is 19.0. The van der Waals surface area contributed by atoms with E-state index in [4.69, 9.17) is 37.4 Å². The lowest BCUT2D eigenvalue weighted by molar-refractivity contribution is -0.157. The van der Waals surface area contributed by atoms with Crippen LogP contribution in [-0.4, -0.2) is 47.7 Å². The highest BCUT2D eigenvalue weighted by Gasteiger charge is 2.34. The van der Waals surface area contributed by atoms with Gasteiger partial charge in [-0.25, -0.2) is 0 Å². The Morgan fingerprint density at radius 3 is 1.84 bits per heavy atom. The van der Waals surface area contributed by atoms with E-state index in [0.717, 1.165) is 0 Å². The summed E-state index contributed by atoms with van der Waals surface area (Å²) in [5, 5.41) is 0.721. The van der Waals surface area contributed by atoms with Crippen LogP contribution < -0.4 is 0 Å². The van der Waals surface area contributed by atoms with Crippen LogP contribution in [-0.2, 0) is 35.0 Å². The molecule has 10 heteroatoms. The van der Waals surface area contributed by atoms with E-state index >= 15 is 0 Å². The fourth-order valence-electron chi connectivity index (χ4n) is 2.28. The highest BCUT2D eigenvalue weighted by Crippen LogP contribution is 2.24. The minimum atomic E-state index is -1.24. The highest BCUT2D eigenvalue weighted by atomic mass is 35.5. The van der Waals surface area contributed by atoms with Crippen LogP contribution in [0.2, 0.25) is 10.0 Å². The van der Waals surface area contributed by atoms with Crippen LogP contribution in [0, 0.1) is 0 Å². The molecule has 168 valence electrons. The van der Waals surface area contributed by atoms with E-state index < -0.39 is 17.9 Å². The number of esters is 3. The van der Waals surface area contributed by atoms with Gasteiger partial charge in [0.15, 0.2) is 5.92 Å². The van der Waals surface area contributed by atoms with Crippen molar-refractivity contribution >= 4 is 41.1 Å². The van der Waals surface area contributed by atoms with Crippen molar-refractivity contribution in [3.05, 3.63) is 58.1 Å². The van der Waals surface area contributed by atoms with Gasteiger partial charge >= 0.3 is 17.9 Å². The topological polar surface area (TPSA) is 105 Å². The molecule has 0 unspecified atom stereocenters. The van der Waals surface area contributed by atoms with Crippen molar-refractivity contribution in [3.63, 3.8) is 0 Å². The standard InChI is InChI=1S/C12H14ClNO4.C9H10ClNO2/c1-3-17-11(15)9(12(16)18-4-2)10-8(13)6-5-7-14-10;1-2-13-9(12)6-8-7(10)4-3-5-11-8/h5-7,9H,3-4H2,1-2H3;3-5H,2,6H2,1H3. The average molecular weight is 471 g/mol. The third kappa shape index (κ3) is 8.90. The Balaban J connectivity index is 0.000000327. The molecule has 31 heavy (non-hydrogen) atoms. The second-order valence-electron chi connectivity index (χ2n) is 5.72. The summed E-state index contributed by atoms with van der Waals surface area (Å²) >= 11 is 11.7. The van der Waals surface area contributed by atoms with Crippen molar-refractivity contribution in [1.82, 2.24) is 9.97 Å². The summed E-state index contributed by atoms with van der Waals surface area (Å²) < 4.78 is 14.4. The van der Waals surface area contributed by atoms with Crippen LogP contribution in [0.4, 0.5) is 0 Å². The minimum absolute atomic E-state index is 0.132. The Labute approximate surface area is 190 Å². The molecule has 2 aromatic rings. The molecule has 0 N–H and O–H groups in total. The van der Waals surface area contributed by atoms with Gasteiger partial charge in [0.25, 0.3) is 0 Å². The van der Waals surface area contributed by atoms with Gasteiger partial charge in [-0.1, -0.05) is 23.2 Å². The van der Waals surface area contributed by atoms with Crippen LogP contribution in [0.3, 0.4) is 0 Å². The van der Waals surface area contributed by atoms with Gasteiger partial charge in [0.1, 0.15) is 0 Å². The monoisotopic (exact) mass is 470 g/mol. The molecule has 0 radical (unpaired) electrons. The molecule has 0 spiro atoms. The quantitative estimate of drug-likeness (QED) is 0.326. The largest absolute Gasteiger partial charge is 0.466 e. The molecule has 2 aromatic heterocycles. The first-order chi connectivity index (χ1) is 14.8. The Hall–Kier alpha value is -2.71. The van der Waals surface area contributed by atoms with E-state index in [2.05, 4.69) is 9.97 Å². The van der Waals surface area contributed by atoms with Crippen molar-refractivity contribution in [2.24, 2.45) is 0 Å². The van der Waals surface area contributed by atoms with E-state index in [1.54, 1.807) is 51.2 Å². The van der Waals surface area contributed by atoms with E-state index in [1.165, 1.54) is 6.20 Å². The predicted molar refractivity (Wildman–Crippen MR) is 115 cm³/mol. The maximum absolute atomic E-state index is 11.8. The summed E-state index contributed by atoms with van der Waals surface area (Å²) in [6, 6.07) is 6.58. The summed E-state index contributed by atoms with van der Waals surface area (Å²) in [7, 11) is 0. The van der Waals surface area contributed by atoms with Crippen molar-refractivity contribution in [3.8, 4) is 0 Å². The zero-order valence-electron chi connectivity index (χ0n) is 17.5. The summed E-state index contributed by atoms with van der Waals surface area (Å²) in [5.41, 5.74) is 0.707. The van der Waals surface area contributed by atoms with Gasteiger partial charge in [-0.3, -0.25) is 24.4 Å². The normalized spacial score (nSPS) is 10.0. The highest BCUT2D eigenvalue weighted by molar-refractivity contribution is 6.32. The summed E-state index contributed by atoms with van der Waals surface area (Å²) in [4.78, 5) is 42.5. The number of carbonyl (C=O) groups is 3. The second-order valence-corrected chi connectivity index (χ2v) is 6.54.